The number of halogens is 1. The minimum atomic E-state index is -0.0904. The van der Waals surface area contributed by atoms with Crippen molar-refractivity contribution in [1.29, 1.82) is 0 Å². The first-order valence-electron chi connectivity index (χ1n) is 11.6. The van der Waals surface area contributed by atoms with Gasteiger partial charge in [0.25, 0.3) is 5.91 Å². The summed E-state index contributed by atoms with van der Waals surface area (Å²) < 4.78 is 12.3. The van der Waals surface area contributed by atoms with E-state index in [0.29, 0.717) is 28.0 Å². The monoisotopic (exact) mass is 507 g/mol. The van der Waals surface area contributed by atoms with Gasteiger partial charge in [-0.25, -0.2) is 4.98 Å². The molecular weight excluding hydrogens is 482 g/mol. The average molecular weight is 508 g/mol. The van der Waals surface area contributed by atoms with Crippen molar-refractivity contribution < 1.29 is 14.3 Å². The lowest BCUT2D eigenvalue weighted by molar-refractivity contribution is 0.0391. The maximum absolute atomic E-state index is 13.7. The number of morpholine rings is 1. The van der Waals surface area contributed by atoms with E-state index in [4.69, 9.17) is 26.1 Å². The number of hydrogen-bond acceptors (Lipinski definition) is 6. The standard InChI is InChI=1S/C27H26ClN3O3S/c1-19-17-21(28)18-24-25(19)29-27(35-24)31(12-11-30-13-15-33-16-14-30)26(32)20-7-9-23(10-8-20)34-22-5-3-2-4-6-22/h2-10,17-18H,11-16H2,1H3. The van der Waals surface area contributed by atoms with Crippen molar-refractivity contribution in [2.24, 2.45) is 0 Å². The van der Waals surface area contributed by atoms with E-state index in [9.17, 15) is 4.79 Å². The Morgan fingerprint density at radius 2 is 1.80 bits per heavy atom. The van der Waals surface area contributed by atoms with E-state index >= 15 is 0 Å². The van der Waals surface area contributed by atoms with Crippen LogP contribution in [0.25, 0.3) is 10.2 Å². The zero-order chi connectivity index (χ0) is 24.2. The minimum absolute atomic E-state index is 0.0904. The molecule has 1 fully saturated rings. The summed E-state index contributed by atoms with van der Waals surface area (Å²) in [6.07, 6.45) is 0. The number of rotatable bonds is 7. The highest BCUT2D eigenvalue weighted by molar-refractivity contribution is 7.22. The van der Waals surface area contributed by atoms with E-state index < -0.39 is 0 Å². The van der Waals surface area contributed by atoms with Gasteiger partial charge in [-0.1, -0.05) is 41.1 Å². The number of carbonyl (C=O) groups is 1. The third-order valence-corrected chi connectivity index (χ3v) is 7.18. The maximum Gasteiger partial charge on any atom is 0.260 e. The molecule has 0 aliphatic carbocycles. The van der Waals surface area contributed by atoms with Gasteiger partial charge in [0.2, 0.25) is 0 Å². The Morgan fingerprint density at radius 1 is 1.09 bits per heavy atom. The van der Waals surface area contributed by atoms with Gasteiger partial charge in [-0.3, -0.25) is 14.6 Å². The number of fused-ring (bicyclic) bond motifs is 1. The van der Waals surface area contributed by atoms with Crippen LogP contribution in [0.4, 0.5) is 5.13 Å². The third-order valence-electron chi connectivity index (χ3n) is 5.94. The second-order valence-electron chi connectivity index (χ2n) is 8.42. The number of hydrogen-bond donors (Lipinski definition) is 0. The molecule has 1 amide bonds. The smallest absolute Gasteiger partial charge is 0.260 e. The van der Waals surface area contributed by atoms with Gasteiger partial charge >= 0.3 is 0 Å². The van der Waals surface area contributed by atoms with Gasteiger partial charge in [0, 0.05) is 36.8 Å². The summed E-state index contributed by atoms with van der Waals surface area (Å²) in [6, 6.07) is 20.6. The van der Waals surface area contributed by atoms with Crippen molar-refractivity contribution in [3.8, 4) is 11.5 Å². The van der Waals surface area contributed by atoms with Crippen LogP contribution in [0.3, 0.4) is 0 Å². The molecule has 0 N–H and O–H groups in total. The number of ether oxygens (including phenoxy) is 2. The molecule has 1 aliphatic rings. The number of thiazole rings is 1. The van der Waals surface area contributed by atoms with Gasteiger partial charge in [-0.05, 0) is 61.0 Å². The van der Waals surface area contributed by atoms with Crippen molar-refractivity contribution >= 4 is 44.2 Å². The van der Waals surface area contributed by atoms with Crippen LogP contribution in [-0.2, 0) is 4.74 Å². The highest BCUT2D eigenvalue weighted by Crippen LogP contribution is 2.34. The van der Waals surface area contributed by atoms with E-state index in [1.165, 1.54) is 11.3 Å². The predicted molar refractivity (Wildman–Crippen MR) is 141 cm³/mol. The second kappa shape index (κ2) is 10.7. The molecule has 4 aromatic rings. The summed E-state index contributed by atoms with van der Waals surface area (Å²) in [6.45, 7) is 6.44. The zero-order valence-corrected chi connectivity index (χ0v) is 21.0. The molecule has 1 aromatic heterocycles. The Labute approximate surface area is 213 Å². The second-order valence-corrected chi connectivity index (χ2v) is 9.86. The van der Waals surface area contributed by atoms with E-state index in [2.05, 4.69) is 4.90 Å². The Hall–Kier alpha value is -2.97. The molecule has 0 saturated carbocycles. The summed E-state index contributed by atoms with van der Waals surface area (Å²) in [5.41, 5.74) is 2.46. The summed E-state index contributed by atoms with van der Waals surface area (Å²) in [5.74, 6) is 1.34. The Bertz CT molecular complexity index is 1300. The third kappa shape index (κ3) is 5.65. The lowest BCUT2D eigenvalue weighted by atomic mass is 10.2. The van der Waals surface area contributed by atoms with Gasteiger partial charge < -0.3 is 9.47 Å². The van der Waals surface area contributed by atoms with Crippen LogP contribution in [0, 0.1) is 6.92 Å². The number of nitrogens with zero attached hydrogens (tertiary/aromatic N) is 3. The fraction of sp³-hybridized carbons (Fsp3) is 0.259. The first kappa shape index (κ1) is 23.8. The Kier molecular flexibility index (Phi) is 7.29. The topological polar surface area (TPSA) is 54.9 Å². The number of carbonyl (C=O) groups excluding carboxylic acids is 1. The number of benzene rings is 3. The maximum atomic E-state index is 13.7. The van der Waals surface area contributed by atoms with E-state index in [1.807, 2.05) is 61.5 Å². The molecular formula is C27H26ClN3O3S. The molecule has 35 heavy (non-hydrogen) atoms. The van der Waals surface area contributed by atoms with Crippen LogP contribution in [-0.4, -0.2) is 55.2 Å². The molecule has 0 radical (unpaired) electrons. The van der Waals surface area contributed by atoms with E-state index in [-0.39, 0.29) is 5.91 Å². The summed E-state index contributed by atoms with van der Waals surface area (Å²) in [7, 11) is 0. The molecule has 6 nitrogen and oxygen atoms in total. The molecule has 3 aromatic carbocycles. The van der Waals surface area contributed by atoms with Gasteiger partial charge in [-0.15, -0.1) is 0 Å². The van der Waals surface area contributed by atoms with Gasteiger partial charge in [-0.2, -0.15) is 0 Å². The number of anilines is 1. The molecule has 1 aliphatic heterocycles. The zero-order valence-electron chi connectivity index (χ0n) is 19.4. The van der Waals surface area contributed by atoms with Crippen molar-refractivity contribution in [3.05, 3.63) is 82.9 Å². The summed E-state index contributed by atoms with van der Waals surface area (Å²) >= 11 is 7.76. The number of aryl methyl sites for hydroxylation is 1. The van der Waals surface area contributed by atoms with Crippen LogP contribution in [0.1, 0.15) is 15.9 Å². The van der Waals surface area contributed by atoms with Crippen molar-refractivity contribution in [2.45, 2.75) is 6.92 Å². The molecule has 0 spiro atoms. The molecule has 0 unspecified atom stereocenters. The molecule has 0 atom stereocenters. The normalized spacial score (nSPS) is 14.2. The molecule has 180 valence electrons. The van der Waals surface area contributed by atoms with Gasteiger partial charge in [0.15, 0.2) is 5.13 Å². The quantitative estimate of drug-likeness (QED) is 0.306. The van der Waals surface area contributed by atoms with Crippen LogP contribution in [0.5, 0.6) is 11.5 Å². The van der Waals surface area contributed by atoms with Gasteiger partial charge in [0.1, 0.15) is 11.5 Å². The summed E-state index contributed by atoms with van der Waals surface area (Å²) in [4.78, 5) is 22.6. The Balaban J connectivity index is 1.40. The van der Waals surface area contributed by atoms with Crippen molar-refractivity contribution in [3.63, 3.8) is 0 Å². The molecule has 5 rings (SSSR count). The molecule has 1 saturated heterocycles. The van der Waals surface area contributed by atoms with Crippen LogP contribution in [0.15, 0.2) is 66.7 Å². The van der Waals surface area contributed by atoms with Crippen LogP contribution >= 0.6 is 22.9 Å². The first-order chi connectivity index (χ1) is 17.1. The van der Waals surface area contributed by atoms with E-state index in [1.54, 1.807) is 17.0 Å². The lowest BCUT2D eigenvalue weighted by Gasteiger charge is -2.29. The molecule has 2 heterocycles. The number of para-hydroxylation sites is 1. The van der Waals surface area contributed by atoms with E-state index in [0.717, 1.165) is 54.4 Å². The van der Waals surface area contributed by atoms with Crippen LogP contribution in [0.2, 0.25) is 5.02 Å². The molecule has 8 heteroatoms. The molecule has 0 bridgehead atoms. The fourth-order valence-corrected chi connectivity index (χ4v) is 5.50. The van der Waals surface area contributed by atoms with Crippen LogP contribution < -0.4 is 9.64 Å². The van der Waals surface area contributed by atoms with Gasteiger partial charge in [0.05, 0.1) is 23.4 Å². The SMILES string of the molecule is Cc1cc(Cl)cc2sc(N(CCN3CCOCC3)C(=O)c3ccc(Oc4ccccc4)cc3)nc12. The number of amides is 1. The summed E-state index contributed by atoms with van der Waals surface area (Å²) in [5, 5.41) is 1.35. The predicted octanol–water partition coefficient (Wildman–Crippen LogP) is 6.03. The highest BCUT2D eigenvalue weighted by atomic mass is 35.5. The fourth-order valence-electron chi connectivity index (χ4n) is 4.05. The lowest BCUT2D eigenvalue weighted by Crippen LogP contribution is -2.43. The number of aromatic nitrogens is 1. The average Bonchev–Trinajstić information content (AvgIpc) is 3.30. The minimum Gasteiger partial charge on any atom is -0.457 e. The van der Waals surface area contributed by atoms with Crippen molar-refractivity contribution in [1.82, 2.24) is 9.88 Å². The van der Waals surface area contributed by atoms with Crippen molar-refractivity contribution in [2.75, 3.05) is 44.3 Å². The Morgan fingerprint density at radius 3 is 2.54 bits per heavy atom. The largest absolute Gasteiger partial charge is 0.457 e. The first-order valence-corrected chi connectivity index (χ1v) is 12.8. The highest BCUT2D eigenvalue weighted by Gasteiger charge is 2.23.